The second kappa shape index (κ2) is 4.42. The molecule has 2 aromatic rings. The number of aryl methyl sites for hydroxylation is 1. The molecule has 1 atom stereocenters. The fourth-order valence-corrected chi connectivity index (χ4v) is 1.97. The highest BCUT2D eigenvalue weighted by Gasteiger charge is 2.24. The minimum Gasteiger partial charge on any atom is -0.485 e. The Bertz CT molecular complexity index is 679. The van der Waals surface area contributed by atoms with Crippen molar-refractivity contribution >= 4 is 0 Å². The van der Waals surface area contributed by atoms with Crippen LogP contribution in [0.1, 0.15) is 23.2 Å². The van der Waals surface area contributed by atoms with E-state index in [2.05, 4.69) is 9.97 Å². The smallest absolute Gasteiger partial charge is 0.254 e. The Morgan fingerprint density at radius 1 is 1.26 bits per heavy atom. The molecule has 5 heteroatoms. The SMILES string of the molecule is Cc1nc(C2COc3ccccc3O2)[nH]c(=O)c1C. The van der Waals surface area contributed by atoms with Crippen LogP contribution in [0.5, 0.6) is 11.5 Å². The number of hydrogen-bond donors (Lipinski definition) is 1. The Labute approximate surface area is 110 Å². The highest BCUT2D eigenvalue weighted by molar-refractivity contribution is 5.41. The molecule has 98 valence electrons. The van der Waals surface area contributed by atoms with Gasteiger partial charge in [0, 0.05) is 11.3 Å². The first-order valence-electron chi connectivity index (χ1n) is 6.11. The normalized spacial score (nSPS) is 17.3. The van der Waals surface area contributed by atoms with Crippen LogP contribution in [-0.4, -0.2) is 16.6 Å². The third-order valence-corrected chi connectivity index (χ3v) is 3.23. The Morgan fingerprint density at radius 3 is 2.74 bits per heavy atom. The van der Waals surface area contributed by atoms with Gasteiger partial charge >= 0.3 is 0 Å². The third kappa shape index (κ3) is 2.07. The Balaban J connectivity index is 1.95. The molecule has 1 aromatic heterocycles. The molecule has 0 radical (unpaired) electrons. The van der Waals surface area contributed by atoms with E-state index >= 15 is 0 Å². The average Bonchev–Trinajstić information content (AvgIpc) is 2.43. The number of nitrogens with zero attached hydrogens (tertiary/aromatic N) is 1. The van der Waals surface area contributed by atoms with Gasteiger partial charge in [-0.2, -0.15) is 0 Å². The zero-order valence-electron chi connectivity index (χ0n) is 10.8. The van der Waals surface area contributed by atoms with E-state index in [0.29, 0.717) is 35.2 Å². The molecule has 0 fully saturated rings. The number of rotatable bonds is 1. The third-order valence-electron chi connectivity index (χ3n) is 3.23. The molecule has 0 bridgehead atoms. The van der Waals surface area contributed by atoms with Gasteiger partial charge in [0.15, 0.2) is 23.4 Å². The monoisotopic (exact) mass is 258 g/mol. The van der Waals surface area contributed by atoms with Crippen LogP contribution in [0.15, 0.2) is 29.1 Å². The van der Waals surface area contributed by atoms with Crippen LogP contribution in [0, 0.1) is 13.8 Å². The van der Waals surface area contributed by atoms with Crippen molar-refractivity contribution in [2.24, 2.45) is 0 Å². The standard InChI is InChI=1S/C14H14N2O3/c1-8-9(2)15-13(16-14(8)17)12-7-18-10-5-3-4-6-11(10)19-12/h3-6,12H,7H2,1-2H3,(H,15,16,17). The Hall–Kier alpha value is -2.30. The lowest BCUT2D eigenvalue weighted by atomic mass is 10.2. The molecule has 0 aliphatic carbocycles. The fraction of sp³-hybridized carbons (Fsp3) is 0.286. The maximum Gasteiger partial charge on any atom is 0.254 e. The van der Waals surface area contributed by atoms with Gasteiger partial charge in [0.2, 0.25) is 0 Å². The molecular formula is C14H14N2O3. The van der Waals surface area contributed by atoms with E-state index in [9.17, 15) is 4.79 Å². The van der Waals surface area contributed by atoms with Crippen LogP contribution in [0.2, 0.25) is 0 Å². The first-order valence-corrected chi connectivity index (χ1v) is 6.11. The van der Waals surface area contributed by atoms with Crippen molar-refractivity contribution in [2.75, 3.05) is 6.61 Å². The van der Waals surface area contributed by atoms with Crippen LogP contribution in [0.3, 0.4) is 0 Å². The zero-order valence-corrected chi connectivity index (χ0v) is 10.8. The van der Waals surface area contributed by atoms with Gasteiger partial charge in [0.25, 0.3) is 5.56 Å². The van der Waals surface area contributed by atoms with Crippen molar-refractivity contribution in [2.45, 2.75) is 20.0 Å². The minimum absolute atomic E-state index is 0.134. The highest BCUT2D eigenvalue weighted by atomic mass is 16.6. The predicted molar refractivity (Wildman–Crippen MR) is 69.6 cm³/mol. The second-order valence-electron chi connectivity index (χ2n) is 4.53. The number of hydrogen-bond acceptors (Lipinski definition) is 4. The van der Waals surface area contributed by atoms with Gasteiger partial charge in [-0.3, -0.25) is 4.79 Å². The van der Waals surface area contributed by atoms with Crippen LogP contribution >= 0.6 is 0 Å². The summed E-state index contributed by atoms with van der Waals surface area (Å²) >= 11 is 0. The molecule has 0 spiro atoms. The topological polar surface area (TPSA) is 64.2 Å². The van der Waals surface area contributed by atoms with E-state index in [1.54, 1.807) is 6.92 Å². The summed E-state index contributed by atoms with van der Waals surface area (Å²) in [6.45, 7) is 3.90. The van der Waals surface area contributed by atoms with Gasteiger partial charge in [-0.15, -0.1) is 0 Å². The number of nitrogens with one attached hydrogen (secondary N) is 1. The lowest BCUT2D eigenvalue weighted by Gasteiger charge is -2.25. The molecule has 0 saturated heterocycles. The average molecular weight is 258 g/mol. The Kier molecular flexibility index (Phi) is 2.74. The maximum absolute atomic E-state index is 11.8. The summed E-state index contributed by atoms with van der Waals surface area (Å²) in [5, 5.41) is 0. The number of para-hydroxylation sites is 2. The van der Waals surface area contributed by atoms with E-state index in [1.165, 1.54) is 0 Å². The van der Waals surface area contributed by atoms with Gasteiger partial charge in [-0.25, -0.2) is 4.98 Å². The molecule has 1 unspecified atom stereocenters. The molecule has 0 amide bonds. The zero-order chi connectivity index (χ0) is 13.4. The van der Waals surface area contributed by atoms with Crippen LogP contribution < -0.4 is 15.0 Å². The maximum atomic E-state index is 11.8. The van der Waals surface area contributed by atoms with Crippen molar-refractivity contribution in [1.29, 1.82) is 0 Å². The molecule has 1 aliphatic rings. The van der Waals surface area contributed by atoms with Gasteiger partial charge < -0.3 is 14.5 Å². The lowest BCUT2D eigenvalue weighted by Crippen LogP contribution is -2.27. The molecular weight excluding hydrogens is 244 g/mol. The van der Waals surface area contributed by atoms with E-state index in [0.717, 1.165) is 0 Å². The minimum atomic E-state index is -0.387. The molecule has 0 saturated carbocycles. The van der Waals surface area contributed by atoms with E-state index in [4.69, 9.17) is 9.47 Å². The lowest BCUT2D eigenvalue weighted by molar-refractivity contribution is 0.0847. The Morgan fingerprint density at radius 2 is 2.00 bits per heavy atom. The van der Waals surface area contributed by atoms with Crippen molar-refractivity contribution in [3.63, 3.8) is 0 Å². The number of aromatic amines is 1. The molecule has 3 rings (SSSR count). The summed E-state index contributed by atoms with van der Waals surface area (Å²) in [5.74, 6) is 1.88. The van der Waals surface area contributed by atoms with Gasteiger partial charge in [-0.05, 0) is 26.0 Å². The summed E-state index contributed by atoms with van der Waals surface area (Å²) < 4.78 is 11.4. The molecule has 5 nitrogen and oxygen atoms in total. The van der Waals surface area contributed by atoms with Crippen LogP contribution in [0.25, 0.3) is 0 Å². The second-order valence-corrected chi connectivity index (χ2v) is 4.53. The summed E-state index contributed by atoms with van der Waals surface area (Å²) in [6.07, 6.45) is -0.387. The summed E-state index contributed by atoms with van der Waals surface area (Å²) in [4.78, 5) is 18.9. The number of aromatic nitrogens is 2. The van der Waals surface area contributed by atoms with Crippen molar-refractivity contribution in [3.05, 3.63) is 51.7 Å². The summed E-state index contributed by atoms with van der Waals surface area (Å²) in [5.41, 5.74) is 1.20. The molecule has 1 N–H and O–H groups in total. The summed E-state index contributed by atoms with van der Waals surface area (Å²) in [7, 11) is 0. The largest absolute Gasteiger partial charge is 0.485 e. The molecule has 1 aliphatic heterocycles. The van der Waals surface area contributed by atoms with E-state index < -0.39 is 0 Å². The quantitative estimate of drug-likeness (QED) is 0.848. The van der Waals surface area contributed by atoms with E-state index in [-0.39, 0.29) is 11.7 Å². The van der Waals surface area contributed by atoms with Crippen LogP contribution in [0.4, 0.5) is 0 Å². The number of H-pyrrole nitrogens is 1. The fourth-order valence-electron chi connectivity index (χ4n) is 1.97. The van der Waals surface area contributed by atoms with E-state index in [1.807, 2.05) is 31.2 Å². The first kappa shape index (κ1) is 11.8. The van der Waals surface area contributed by atoms with Gasteiger partial charge in [0.05, 0.1) is 0 Å². The first-order chi connectivity index (χ1) is 9.15. The van der Waals surface area contributed by atoms with Crippen molar-refractivity contribution in [1.82, 2.24) is 9.97 Å². The highest BCUT2D eigenvalue weighted by Crippen LogP contribution is 2.34. The van der Waals surface area contributed by atoms with Crippen molar-refractivity contribution in [3.8, 4) is 11.5 Å². The molecule has 1 aromatic carbocycles. The number of benzene rings is 1. The summed E-state index contributed by atoms with van der Waals surface area (Å²) in [6, 6.07) is 7.45. The predicted octanol–water partition coefficient (Wildman–Crippen LogP) is 1.90. The van der Waals surface area contributed by atoms with Crippen molar-refractivity contribution < 1.29 is 9.47 Å². The molecule has 2 heterocycles. The number of ether oxygens (including phenoxy) is 2. The van der Waals surface area contributed by atoms with Gasteiger partial charge in [0.1, 0.15) is 6.61 Å². The number of fused-ring (bicyclic) bond motifs is 1. The van der Waals surface area contributed by atoms with Gasteiger partial charge in [-0.1, -0.05) is 12.1 Å². The molecule has 19 heavy (non-hydrogen) atoms. The van der Waals surface area contributed by atoms with Crippen LogP contribution in [-0.2, 0) is 0 Å².